The fraction of sp³-hybridized carbons (Fsp3) is 0.562. The van der Waals surface area contributed by atoms with Crippen molar-refractivity contribution in [3.63, 3.8) is 0 Å². The molecular formula is C32H42O13. The van der Waals surface area contributed by atoms with Crippen LogP contribution in [0.3, 0.4) is 0 Å². The Morgan fingerprint density at radius 2 is 1.76 bits per heavy atom. The second-order valence-electron chi connectivity index (χ2n) is 11.8. The van der Waals surface area contributed by atoms with Crippen molar-refractivity contribution in [2.45, 2.75) is 94.6 Å². The van der Waals surface area contributed by atoms with Crippen molar-refractivity contribution in [1.82, 2.24) is 0 Å². The molecule has 0 saturated carbocycles. The summed E-state index contributed by atoms with van der Waals surface area (Å²) in [5, 5.41) is 62.9. The zero-order valence-electron chi connectivity index (χ0n) is 25.5. The Hall–Kier alpha value is -3.62. The number of unbranched alkanes of at least 4 members (excludes halogenated alkanes) is 1. The van der Waals surface area contributed by atoms with Crippen LogP contribution in [-0.2, 0) is 39.8 Å². The third-order valence-electron chi connectivity index (χ3n) is 8.38. The van der Waals surface area contributed by atoms with E-state index in [4.69, 9.17) is 14.2 Å². The molecular weight excluding hydrogens is 592 g/mol. The third-order valence-corrected chi connectivity index (χ3v) is 8.38. The summed E-state index contributed by atoms with van der Waals surface area (Å²) in [7, 11) is 0. The smallest absolute Gasteiger partial charge is 0.344 e. The molecule has 0 spiro atoms. The van der Waals surface area contributed by atoms with Crippen LogP contribution in [0.5, 0.6) is 0 Å². The van der Waals surface area contributed by atoms with Gasteiger partial charge in [0, 0.05) is 25.0 Å². The van der Waals surface area contributed by atoms with Gasteiger partial charge >= 0.3 is 23.9 Å². The van der Waals surface area contributed by atoms with Gasteiger partial charge < -0.3 is 44.8 Å². The normalized spacial score (nSPS) is 31.0. The van der Waals surface area contributed by atoms with E-state index in [1.807, 2.05) is 44.2 Å². The minimum atomic E-state index is -3.84. The molecule has 45 heavy (non-hydrogen) atoms. The molecule has 2 saturated heterocycles. The van der Waals surface area contributed by atoms with Crippen LogP contribution < -0.4 is 0 Å². The molecule has 0 aromatic heterocycles. The van der Waals surface area contributed by atoms with Gasteiger partial charge in [-0.15, -0.1) is 0 Å². The van der Waals surface area contributed by atoms with Crippen molar-refractivity contribution in [1.29, 1.82) is 0 Å². The topological polar surface area (TPSA) is 217 Å². The van der Waals surface area contributed by atoms with E-state index in [-0.39, 0.29) is 24.9 Å². The number of allylic oxidation sites excluding steroid dienone is 2. The van der Waals surface area contributed by atoms with Crippen molar-refractivity contribution in [3.8, 4) is 0 Å². The molecule has 3 rings (SSSR count). The molecule has 13 heteroatoms. The van der Waals surface area contributed by atoms with E-state index in [0.29, 0.717) is 12.0 Å². The lowest BCUT2D eigenvalue weighted by Crippen LogP contribution is -2.78. The van der Waals surface area contributed by atoms with Crippen LogP contribution in [0.2, 0.25) is 0 Å². The number of ether oxygens (including phenoxy) is 3. The molecule has 0 aliphatic carbocycles. The van der Waals surface area contributed by atoms with Gasteiger partial charge in [-0.05, 0) is 37.7 Å². The highest BCUT2D eigenvalue weighted by Crippen LogP contribution is 2.55. The largest absolute Gasteiger partial charge is 0.479 e. The molecule has 0 radical (unpaired) electrons. The van der Waals surface area contributed by atoms with Crippen LogP contribution >= 0.6 is 0 Å². The van der Waals surface area contributed by atoms with E-state index < -0.39 is 65.6 Å². The first kappa shape index (κ1) is 35.9. The lowest BCUT2D eigenvalue weighted by atomic mass is 9.74. The molecule has 13 nitrogen and oxygen atoms in total. The average molecular weight is 635 g/mol. The zero-order valence-corrected chi connectivity index (χ0v) is 25.5. The van der Waals surface area contributed by atoms with Crippen LogP contribution in [-0.4, -0.2) is 96.4 Å². The highest BCUT2D eigenvalue weighted by Gasteiger charge is 2.85. The number of fused-ring (bicyclic) bond motifs is 2. The van der Waals surface area contributed by atoms with Gasteiger partial charge in [0.25, 0.3) is 0 Å². The summed E-state index contributed by atoms with van der Waals surface area (Å²) in [6.45, 7) is 5.31. The second-order valence-corrected chi connectivity index (χ2v) is 11.8. The number of benzene rings is 1. The summed E-state index contributed by atoms with van der Waals surface area (Å²) in [4.78, 5) is 50.4. The molecule has 8 atom stereocenters. The van der Waals surface area contributed by atoms with Crippen LogP contribution in [0.1, 0.15) is 58.4 Å². The minimum Gasteiger partial charge on any atom is -0.479 e. The monoisotopic (exact) mass is 634 g/mol. The van der Waals surface area contributed by atoms with Crippen LogP contribution in [0.25, 0.3) is 0 Å². The Morgan fingerprint density at radius 1 is 1.09 bits per heavy atom. The van der Waals surface area contributed by atoms with Crippen molar-refractivity contribution in [2.75, 3.05) is 6.61 Å². The summed E-state index contributed by atoms with van der Waals surface area (Å²) in [5.41, 5.74) is -5.73. The van der Waals surface area contributed by atoms with E-state index >= 15 is 0 Å². The predicted octanol–water partition coefficient (Wildman–Crippen LogP) is 2.07. The van der Waals surface area contributed by atoms with Gasteiger partial charge in [-0.3, -0.25) is 0 Å². The molecule has 8 unspecified atom stereocenters. The van der Waals surface area contributed by atoms with Crippen LogP contribution in [0, 0.1) is 11.8 Å². The van der Waals surface area contributed by atoms with E-state index in [1.54, 1.807) is 13.0 Å². The number of esters is 1. The first-order chi connectivity index (χ1) is 21.2. The van der Waals surface area contributed by atoms with E-state index in [1.165, 1.54) is 6.08 Å². The molecule has 248 valence electrons. The lowest BCUT2D eigenvalue weighted by molar-refractivity contribution is -0.374. The number of aliphatic carboxylic acids is 3. The summed E-state index contributed by atoms with van der Waals surface area (Å²) in [6, 6.07) is 9.37. The first-order valence-corrected chi connectivity index (χ1v) is 14.9. The van der Waals surface area contributed by atoms with E-state index in [9.17, 15) is 49.8 Å². The van der Waals surface area contributed by atoms with Gasteiger partial charge in [-0.2, -0.15) is 0 Å². The van der Waals surface area contributed by atoms with Gasteiger partial charge in [0.1, 0.15) is 6.10 Å². The van der Waals surface area contributed by atoms with E-state index in [2.05, 4.69) is 0 Å². The SMILES string of the molecule is CCCCC(C)C=CC(=O)OC1C(O)C2(CCC(C)=CC(CO)Cc3ccccc3)OC(C(=O)O)C(O)(C(=O)O)C1(C(=O)O)O2. The van der Waals surface area contributed by atoms with Crippen molar-refractivity contribution >= 4 is 23.9 Å². The predicted molar refractivity (Wildman–Crippen MR) is 157 cm³/mol. The van der Waals surface area contributed by atoms with Gasteiger partial charge in [0.05, 0.1) is 0 Å². The quantitative estimate of drug-likeness (QED) is 0.0873. The maximum Gasteiger partial charge on any atom is 0.344 e. The summed E-state index contributed by atoms with van der Waals surface area (Å²) in [5.74, 6) is -10.7. The van der Waals surface area contributed by atoms with Gasteiger partial charge in [0.15, 0.2) is 6.10 Å². The Bertz CT molecular complexity index is 1290. The van der Waals surface area contributed by atoms with Crippen molar-refractivity contribution in [3.05, 3.63) is 59.7 Å². The first-order valence-electron chi connectivity index (χ1n) is 14.9. The van der Waals surface area contributed by atoms with Gasteiger partial charge in [-0.1, -0.05) is 74.7 Å². The number of carbonyl (C=O) groups excluding carboxylic acids is 1. The Morgan fingerprint density at radius 3 is 2.31 bits per heavy atom. The minimum absolute atomic E-state index is 0.00853. The maximum absolute atomic E-state index is 12.9. The maximum atomic E-state index is 12.9. The number of carbonyl (C=O) groups is 4. The van der Waals surface area contributed by atoms with E-state index in [0.717, 1.165) is 30.9 Å². The second kappa shape index (κ2) is 14.6. The molecule has 2 heterocycles. The number of hydrogen-bond acceptors (Lipinski definition) is 10. The number of carboxylic acid groups (broad SMARTS) is 3. The highest BCUT2D eigenvalue weighted by atomic mass is 16.8. The van der Waals surface area contributed by atoms with Crippen molar-refractivity contribution < 1.29 is 64.0 Å². The Kier molecular flexibility index (Phi) is 11.7. The number of rotatable bonds is 16. The zero-order chi connectivity index (χ0) is 33.6. The third kappa shape index (κ3) is 7.12. The highest BCUT2D eigenvalue weighted by molar-refractivity contribution is 5.98. The molecule has 0 amide bonds. The average Bonchev–Trinajstić information content (AvgIpc) is 3.21. The molecule has 2 aliphatic heterocycles. The fourth-order valence-corrected chi connectivity index (χ4v) is 5.93. The van der Waals surface area contributed by atoms with Crippen LogP contribution in [0.15, 0.2) is 54.1 Å². The molecule has 6 N–H and O–H groups in total. The Balaban J connectivity index is 1.99. The van der Waals surface area contributed by atoms with Gasteiger partial charge in [-0.25, -0.2) is 19.2 Å². The molecule has 2 bridgehead atoms. The standard InChI is InChI=1S/C32H42O13/c1-4-5-9-19(2)12-13-23(34)43-25-24(35)30(15-14-20(3)16-22(18-33)17-21-10-7-6-8-11-21)44-26(27(36)37)31(42,28(38)39)32(25,45-30)29(40)41/h6-8,10-13,16,19,22,24-26,33,35,42H,4-5,9,14-15,17-18H2,1-3H3,(H,36,37)(H,38,39)(H,40,41). The molecule has 2 aliphatic rings. The number of carboxylic acids is 3. The molecule has 2 fully saturated rings. The summed E-state index contributed by atoms with van der Waals surface area (Å²) < 4.78 is 16.4. The van der Waals surface area contributed by atoms with Crippen molar-refractivity contribution in [2.24, 2.45) is 11.8 Å². The fourth-order valence-electron chi connectivity index (χ4n) is 5.93. The summed E-state index contributed by atoms with van der Waals surface area (Å²) >= 11 is 0. The number of aliphatic hydroxyl groups is 3. The molecule has 1 aromatic rings. The number of hydrogen-bond donors (Lipinski definition) is 6. The van der Waals surface area contributed by atoms with Gasteiger partial charge in [0.2, 0.25) is 23.1 Å². The van der Waals surface area contributed by atoms with Crippen LogP contribution in [0.4, 0.5) is 0 Å². The molecule has 1 aromatic carbocycles. The number of aliphatic hydroxyl groups excluding tert-OH is 2. The lowest BCUT2D eigenvalue weighted by Gasteiger charge is -2.48. The Labute approximate surface area is 260 Å². The summed E-state index contributed by atoms with van der Waals surface area (Å²) in [6.07, 6.45) is -0.543.